The predicted molar refractivity (Wildman–Crippen MR) is 90.1 cm³/mol. The average molecular weight is 346 g/mol. The van der Waals surface area contributed by atoms with E-state index in [1.807, 2.05) is 0 Å². The van der Waals surface area contributed by atoms with E-state index >= 15 is 0 Å². The number of amides is 1. The van der Waals surface area contributed by atoms with Crippen LogP contribution >= 0.6 is 0 Å². The molecule has 0 bridgehead atoms. The first-order valence-electron chi connectivity index (χ1n) is 8.65. The summed E-state index contributed by atoms with van der Waals surface area (Å²) >= 11 is 0. The number of nitrogens with zero attached hydrogens (tertiary/aromatic N) is 4. The fourth-order valence-electron chi connectivity index (χ4n) is 3.29. The highest BCUT2D eigenvalue weighted by Crippen LogP contribution is 2.24. The van der Waals surface area contributed by atoms with Gasteiger partial charge in [0.15, 0.2) is 0 Å². The number of rotatable bonds is 6. The molecule has 1 aromatic heterocycles. The molecule has 0 radical (unpaired) electrons. The zero-order valence-electron chi connectivity index (χ0n) is 14.1. The minimum Gasteiger partial charge on any atom is -0.391 e. The van der Waals surface area contributed by atoms with Gasteiger partial charge in [0.2, 0.25) is 5.91 Å². The number of β-amino-alcohol motifs (C(OH)–C–C–N with tert-alkyl or cyclic N) is 1. The summed E-state index contributed by atoms with van der Waals surface area (Å²) in [5, 5.41) is 14.4. The molecule has 3 rings (SSSR count). The molecule has 1 saturated heterocycles. The van der Waals surface area contributed by atoms with Crippen molar-refractivity contribution in [1.29, 1.82) is 0 Å². The Morgan fingerprint density at radius 3 is 2.92 bits per heavy atom. The Bertz CT molecular complexity index is 692. The highest BCUT2D eigenvalue weighted by molar-refractivity contribution is 5.76. The van der Waals surface area contributed by atoms with Crippen molar-refractivity contribution in [3.63, 3.8) is 0 Å². The Hall–Kier alpha value is -2.28. The first-order chi connectivity index (χ1) is 12.1. The Balaban J connectivity index is 1.46. The number of carbonyl (C=O) groups excluding carboxylic acids is 1. The van der Waals surface area contributed by atoms with Crippen molar-refractivity contribution in [3.05, 3.63) is 48.3 Å². The van der Waals surface area contributed by atoms with Crippen molar-refractivity contribution in [2.24, 2.45) is 5.92 Å². The quantitative estimate of drug-likeness (QED) is 0.863. The van der Waals surface area contributed by atoms with E-state index in [4.69, 9.17) is 0 Å². The molecule has 1 amide bonds. The molecular weight excluding hydrogens is 323 g/mol. The number of aliphatic hydroxyl groups is 1. The highest BCUT2D eigenvalue weighted by atomic mass is 19.1. The molecule has 0 spiro atoms. The predicted octanol–water partition coefficient (Wildman–Crippen LogP) is 1.65. The van der Waals surface area contributed by atoms with Gasteiger partial charge in [-0.3, -0.25) is 9.48 Å². The molecule has 1 aliphatic heterocycles. The molecule has 25 heavy (non-hydrogen) atoms. The summed E-state index contributed by atoms with van der Waals surface area (Å²) in [5.74, 6) is -0.207. The lowest BCUT2D eigenvalue weighted by Crippen LogP contribution is -2.47. The highest BCUT2D eigenvalue weighted by Gasteiger charge is 2.30. The van der Waals surface area contributed by atoms with Crippen molar-refractivity contribution in [3.8, 4) is 0 Å². The Kier molecular flexibility index (Phi) is 5.75. The van der Waals surface area contributed by atoms with Gasteiger partial charge in [0, 0.05) is 26.1 Å². The maximum atomic E-state index is 13.8. The molecule has 2 atom stereocenters. The van der Waals surface area contributed by atoms with Gasteiger partial charge < -0.3 is 10.0 Å². The fraction of sp³-hybridized carbons (Fsp3) is 0.500. The van der Waals surface area contributed by atoms with Crippen LogP contribution in [0.25, 0.3) is 0 Å². The van der Waals surface area contributed by atoms with Crippen molar-refractivity contribution >= 4 is 5.91 Å². The maximum Gasteiger partial charge on any atom is 0.222 e. The number of piperidine rings is 1. The summed E-state index contributed by atoms with van der Waals surface area (Å²) in [6, 6.07) is 6.66. The number of hydrogen-bond donors (Lipinski definition) is 1. The maximum absolute atomic E-state index is 13.8. The van der Waals surface area contributed by atoms with Gasteiger partial charge in [-0.1, -0.05) is 18.2 Å². The van der Waals surface area contributed by atoms with Crippen molar-refractivity contribution in [1.82, 2.24) is 19.7 Å². The summed E-state index contributed by atoms with van der Waals surface area (Å²) < 4.78 is 15.5. The first-order valence-corrected chi connectivity index (χ1v) is 8.65. The standard InChI is InChI=1S/C18H23FN4O2/c19-16-5-2-1-4-14(16)10-15-7-9-22(11-17(15)24)18(25)6-3-8-23-13-20-12-21-23/h1-2,4-5,12-13,15,17,24H,3,6-11H2/t15-,17-/m1/s1. The first kappa shape index (κ1) is 17.5. The largest absolute Gasteiger partial charge is 0.391 e. The molecule has 1 aliphatic rings. The van der Waals surface area contributed by atoms with Crippen LogP contribution < -0.4 is 0 Å². The molecule has 0 saturated carbocycles. The van der Waals surface area contributed by atoms with E-state index in [-0.39, 0.29) is 17.6 Å². The molecule has 2 heterocycles. The van der Waals surface area contributed by atoms with Crippen LogP contribution in [0.3, 0.4) is 0 Å². The monoisotopic (exact) mass is 346 g/mol. The van der Waals surface area contributed by atoms with Gasteiger partial charge in [-0.15, -0.1) is 0 Å². The lowest BCUT2D eigenvalue weighted by atomic mass is 9.87. The lowest BCUT2D eigenvalue weighted by Gasteiger charge is -2.36. The number of benzene rings is 1. The average Bonchev–Trinajstić information content (AvgIpc) is 3.12. The van der Waals surface area contributed by atoms with Crippen LogP contribution in [-0.4, -0.2) is 49.9 Å². The summed E-state index contributed by atoms with van der Waals surface area (Å²) in [6.45, 7) is 1.58. The van der Waals surface area contributed by atoms with E-state index in [1.54, 1.807) is 34.1 Å². The van der Waals surface area contributed by atoms with Crippen LogP contribution in [0, 0.1) is 11.7 Å². The number of halogens is 1. The smallest absolute Gasteiger partial charge is 0.222 e. The minimum atomic E-state index is -0.618. The molecule has 7 heteroatoms. The topological polar surface area (TPSA) is 71.2 Å². The number of aromatic nitrogens is 3. The van der Waals surface area contributed by atoms with Crippen LogP contribution in [-0.2, 0) is 17.8 Å². The number of aryl methyl sites for hydroxylation is 1. The SMILES string of the molecule is O=C(CCCn1cncn1)N1CC[C@H](Cc2ccccc2F)[C@H](O)C1. The van der Waals surface area contributed by atoms with Gasteiger partial charge in [0.05, 0.1) is 6.10 Å². The second kappa shape index (κ2) is 8.20. The van der Waals surface area contributed by atoms with Crippen LogP contribution in [0.15, 0.2) is 36.9 Å². The Labute approximate surface area is 146 Å². The fourth-order valence-corrected chi connectivity index (χ4v) is 3.29. The normalized spacial score (nSPS) is 20.6. The summed E-state index contributed by atoms with van der Waals surface area (Å²) in [4.78, 5) is 17.9. The molecule has 134 valence electrons. The second-order valence-corrected chi connectivity index (χ2v) is 6.51. The number of likely N-dealkylation sites (tertiary alicyclic amines) is 1. The Morgan fingerprint density at radius 2 is 2.20 bits per heavy atom. The van der Waals surface area contributed by atoms with Gasteiger partial charge in [-0.2, -0.15) is 5.10 Å². The van der Waals surface area contributed by atoms with E-state index in [1.165, 1.54) is 12.4 Å². The third-order valence-electron chi connectivity index (χ3n) is 4.76. The van der Waals surface area contributed by atoms with E-state index in [0.29, 0.717) is 50.9 Å². The van der Waals surface area contributed by atoms with Gasteiger partial charge in [0.1, 0.15) is 18.5 Å². The molecule has 1 fully saturated rings. The molecule has 2 aromatic rings. The third-order valence-corrected chi connectivity index (χ3v) is 4.76. The van der Waals surface area contributed by atoms with Crippen LogP contribution in [0.1, 0.15) is 24.8 Å². The van der Waals surface area contributed by atoms with Crippen molar-refractivity contribution in [2.45, 2.75) is 38.3 Å². The summed E-state index contributed by atoms with van der Waals surface area (Å²) in [7, 11) is 0. The second-order valence-electron chi connectivity index (χ2n) is 6.51. The van der Waals surface area contributed by atoms with E-state index in [9.17, 15) is 14.3 Å². The number of carbonyl (C=O) groups is 1. The van der Waals surface area contributed by atoms with E-state index in [0.717, 1.165) is 0 Å². The van der Waals surface area contributed by atoms with Crippen LogP contribution in [0.2, 0.25) is 0 Å². The van der Waals surface area contributed by atoms with Crippen molar-refractivity contribution in [2.75, 3.05) is 13.1 Å². The van der Waals surface area contributed by atoms with Gasteiger partial charge >= 0.3 is 0 Å². The molecule has 1 N–H and O–H groups in total. The van der Waals surface area contributed by atoms with Crippen LogP contribution in [0.4, 0.5) is 4.39 Å². The molecule has 6 nitrogen and oxygen atoms in total. The van der Waals surface area contributed by atoms with E-state index < -0.39 is 6.10 Å². The minimum absolute atomic E-state index is 0.0175. The third kappa shape index (κ3) is 4.63. The van der Waals surface area contributed by atoms with Gasteiger partial charge in [0.25, 0.3) is 0 Å². The molecular formula is C18H23FN4O2. The number of hydrogen-bond acceptors (Lipinski definition) is 4. The van der Waals surface area contributed by atoms with Gasteiger partial charge in [-0.25, -0.2) is 9.37 Å². The van der Waals surface area contributed by atoms with E-state index in [2.05, 4.69) is 10.1 Å². The van der Waals surface area contributed by atoms with Crippen molar-refractivity contribution < 1.29 is 14.3 Å². The van der Waals surface area contributed by atoms with Gasteiger partial charge in [-0.05, 0) is 36.8 Å². The molecule has 0 unspecified atom stereocenters. The molecule has 0 aliphatic carbocycles. The lowest BCUT2D eigenvalue weighted by molar-refractivity contribution is -0.135. The Morgan fingerprint density at radius 1 is 1.36 bits per heavy atom. The zero-order valence-corrected chi connectivity index (χ0v) is 14.1. The molecule has 1 aromatic carbocycles. The summed E-state index contributed by atoms with van der Waals surface area (Å²) in [5.41, 5.74) is 0.624. The van der Waals surface area contributed by atoms with Crippen LogP contribution in [0.5, 0.6) is 0 Å². The summed E-state index contributed by atoms with van der Waals surface area (Å²) in [6.07, 6.45) is 4.78. The zero-order chi connectivity index (χ0) is 17.6. The number of aliphatic hydroxyl groups excluding tert-OH is 1.